The minimum absolute atomic E-state index is 0.152. The van der Waals surface area contributed by atoms with Crippen molar-refractivity contribution < 1.29 is 14.3 Å². The van der Waals surface area contributed by atoms with Gasteiger partial charge >= 0.3 is 6.09 Å². The molecular formula is C25H23ClN2O3. The number of anilines is 1. The van der Waals surface area contributed by atoms with E-state index in [0.29, 0.717) is 23.7 Å². The van der Waals surface area contributed by atoms with Crippen LogP contribution in [0.4, 0.5) is 10.5 Å². The summed E-state index contributed by atoms with van der Waals surface area (Å²) in [6.07, 6.45) is 1.42. The maximum absolute atomic E-state index is 12.7. The lowest BCUT2D eigenvalue weighted by atomic mass is 9.99. The van der Waals surface area contributed by atoms with Gasteiger partial charge in [0.1, 0.15) is 6.61 Å². The van der Waals surface area contributed by atoms with Gasteiger partial charge in [-0.15, -0.1) is 0 Å². The number of ether oxygens (including phenoxy) is 1. The molecule has 158 valence electrons. The van der Waals surface area contributed by atoms with Crippen LogP contribution in [0, 0.1) is 0 Å². The first kappa shape index (κ1) is 20.9. The highest BCUT2D eigenvalue weighted by molar-refractivity contribution is 6.30. The number of carbonyl (C=O) groups excluding carboxylic acids is 2. The second-order valence-corrected chi connectivity index (χ2v) is 7.88. The average Bonchev–Trinajstić information content (AvgIpc) is 2.81. The zero-order chi connectivity index (χ0) is 21.6. The van der Waals surface area contributed by atoms with Crippen LogP contribution in [0.5, 0.6) is 0 Å². The quantitative estimate of drug-likeness (QED) is 0.588. The molecule has 0 saturated heterocycles. The van der Waals surface area contributed by atoms with Crippen LogP contribution in [0.2, 0.25) is 5.02 Å². The first-order chi connectivity index (χ1) is 15.1. The Morgan fingerprint density at radius 1 is 0.968 bits per heavy atom. The van der Waals surface area contributed by atoms with Crippen molar-refractivity contribution >= 4 is 29.3 Å². The van der Waals surface area contributed by atoms with Crippen molar-refractivity contribution in [3.05, 3.63) is 100 Å². The fourth-order valence-electron chi connectivity index (χ4n) is 3.63. The number of rotatable bonds is 5. The maximum Gasteiger partial charge on any atom is 0.414 e. The number of fused-ring (bicyclic) bond motifs is 1. The van der Waals surface area contributed by atoms with Crippen LogP contribution in [0.25, 0.3) is 0 Å². The number of hydrogen-bond acceptors (Lipinski definition) is 3. The van der Waals surface area contributed by atoms with Gasteiger partial charge in [0.05, 0.1) is 5.69 Å². The largest absolute Gasteiger partial charge is 0.444 e. The van der Waals surface area contributed by atoms with Crippen LogP contribution in [0.15, 0.2) is 72.8 Å². The minimum atomic E-state index is -0.339. The van der Waals surface area contributed by atoms with Gasteiger partial charge in [-0.05, 0) is 59.9 Å². The molecular weight excluding hydrogens is 412 g/mol. The molecule has 3 aromatic rings. The van der Waals surface area contributed by atoms with Crippen LogP contribution in [-0.2, 0) is 24.3 Å². The van der Waals surface area contributed by atoms with E-state index in [0.717, 1.165) is 35.2 Å². The number of carbonyl (C=O) groups is 2. The lowest BCUT2D eigenvalue weighted by molar-refractivity contribution is 0.0951. The van der Waals surface area contributed by atoms with Crippen LogP contribution >= 0.6 is 11.6 Å². The molecule has 0 saturated carbocycles. The molecule has 1 N–H and O–H groups in total. The number of hydrogen-bond donors (Lipinski definition) is 1. The van der Waals surface area contributed by atoms with Crippen molar-refractivity contribution in [2.24, 2.45) is 0 Å². The van der Waals surface area contributed by atoms with Crippen molar-refractivity contribution in [1.29, 1.82) is 0 Å². The second-order valence-electron chi connectivity index (χ2n) is 7.45. The van der Waals surface area contributed by atoms with Crippen molar-refractivity contribution in [1.82, 2.24) is 5.32 Å². The zero-order valence-corrected chi connectivity index (χ0v) is 17.8. The Morgan fingerprint density at radius 2 is 1.74 bits per heavy atom. The predicted octanol–water partition coefficient (Wildman–Crippen LogP) is 5.36. The number of halogens is 1. The molecule has 5 nitrogen and oxygen atoms in total. The van der Waals surface area contributed by atoms with Crippen LogP contribution in [-0.4, -0.2) is 18.5 Å². The first-order valence-corrected chi connectivity index (χ1v) is 10.6. The van der Waals surface area contributed by atoms with Crippen LogP contribution < -0.4 is 10.2 Å². The molecule has 0 aromatic heterocycles. The molecule has 0 unspecified atom stereocenters. The summed E-state index contributed by atoms with van der Waals surface area (Å²) < 4.78 is 5.51. The van der Waals surface area contributed by atoms with Gasteiger partial charge in [0.15, 0.2) is 0 Å². The van der Waals surface area contributed by atoms with Gasteiger partial charge in [-0.3, -0.25) is 9.69 Å². The van der Waals surface area contributed by atoms with E-state index >= 15 is 0 Å². The highest BCUT2D eigenvalue weighted by atomic mass is 35.5. The fraction of sp³-hybridized carbons (Fsp3) is 0.200. The van der Waals surface area contributed by atoms with Gasteiger partial charge < -0.3 is 10.1 Å². The molecule has 0 spiro atoms. The third kappa shape index (κ3) is 5.25. The van der Waals surface area contributed by atoms with E-state index in [-0.39, 0.29) is 18.6 Å². The molecule has 3 aromatic carbocycles. The molecule has 0 bridgehead atoms. The fourth-order valence-corrected chi connectivity index (χ4v) is 3.76. The van der Waals surface area contributed by atoms with E-state index in [4.69, 9.17) is 16.3 Å². The maximum atomic E-state index is 12.7. The summed E-state index contributed by atoms with van der Waals surface area (Å²) in [5.41, 5.74) is 4.47. The van der Waals surface area contributed by atoms with E-state index in [1.165, 1.54) is 0 Å². The third-order valence-electron chi connectivity index (χ3n) is 5.25. The Labute approximate surface area is 186 Å². The summed E-state index contributed by atoms with van der Waals surface area (Å²) in [5, 5.41) is 3.52. The summed E-state index contributed by atoms with van der Waals surface area (Å²) >= 11 is 5.87. The first-order valence-electron chi connectivity index (χ1n) is 10.2. The summed E-state index contributed by atoms with van der Waals surface area (Å²) in [4.78, 5) is 26.7. The second kappa shape index (κ2) is 9.67. The van der Waals surface area contributed by atoms with Crippen molar-refractivity contribution in [2.45, 2.75) is 26.0 Å². The van der Waals surface area contributed by atoms with Crippen molar-refractivity contribution in [3.8, 4) is 0 Å². The number of nitrogens with one attached hydrogen (secondary N) is 1. The van der Waals surface area contributed by atoms with Gasteiger partial charge in [-0.25, -0.2) is 4.79 Å². The van der Waals surface area contributed by atoms with E-state index in [1.807, 2.05) is 48.5 Å². The summed E-state index contributed by atoms with van der Waals surface area (Å²) in [5.74, 6) is -0.152. The van der Waals surface area contributed by atoms with Gasteiger partial charge in [0.2, 0.25) is 0 Å². The summed E-state index contributed by atoms with van der Waals surface area (Å²) in [6.45, 7) is 1.29. The molecule has 1 aliphatic rings. The molecule has 0 radical (unpaired) electrons. The lowest BCUT2D eigenvalue weighted by Gasteiger charge is -2.29. The highest BCUT2D eigenvalue weighted by Gasteiger charge is 2.24. The highest BCUT2D eigenvalue weighted by Crippen LogP contribution is 2.29. The standard InChI is InChI=1S/C25H23ClN2O3/c26-22-11-9-20(10-12-22)24(29)27-16-19-8-13-23-21(15-19)7-4-14-28(23)25(30)31-17-18-5-2-1-3-6-18/h1-3,5-6,8-13,15H,4,7,14,16-17H2,(H,27,29). The molecule has 2 amide bonds. The Bertz CT molecular complexity index is 1070. The molecule has 1 heterocycles. The molecule has 0 fully saturated rings. The van der Waals surface area contributed by atoms with Crippen molar-refractivity contribution in [2.75, 3.05) is 11.4 Å². The Kier molecular flexibility index (Phi) is 6.53. The monoisotopic (exact) mass is 434 g/mol. The van der Waals surface area contributed by atoms with Gasteiger partial charge in [0.25, 0.3) is 5.91 Å². The van der Waals surface area contributed by atoms with E-state index in [9.17, 15) is 9.59 Å². The lowest BCUT2D eigenvalue weighted by Crippen LogP contribution is -2.36. The van der Waals surface area contributed by atoms with Crippen molar-refractivity contribution in [3.63, 3.8) is 0 Å². The number of aryl methyl sites for hydroxylation is 1. The third-order valence-corrected chi connectivity index (χ3v) is 5.50. The molecule has 1 aliphatic heterocycles. The normalized spacial score (nSPS) is 12.7. The minimum Gasteiger partial charge on any atom is -0.444 e. The predicted molar refractivity (Wildman–Crippen MR) is 121 cm³/mol. The van der Waals surface area contributed by atoms with E-state index in [2.05, 4.69) is 5.32 Å². The van der Waals surface area contributed by atoms with E-state index < -0.39 is 0 Å². The van der Waals surface area contributed by atoms with Gasteiger partial charge in [-0.1, -0.05) is 54.1 Å². The van der Waals surface area contributed by atoms with Crippen LogP contribution in [0.3, 0.4) is 0 Å². The summed E-state index contributed by atoms with van der Waals surface area (Å²) in [6, 6.07) is 22.3. The molecule has 6 heteroatoms. The topological polar surface area (TPSA) is 58.6 Å². The van der Waals surface area contributed by atoms with Gasteiger partial charge in [0, 0.05) is 23.7 Å². The molecule has 0 atom stereocenters. The average molecular weight is 435 g/mol. The Balaban J connectivity index is 1.39. The number of nitrogens with zero attached hydrogens (tertiary/aromatic N) is 1. The van der Waals surface area contributed by atoms with E-state index in [1.54, 1.807) is 29.2 Å². The number of amides is 2. The number of benzene rings is 3. The summed E-state index contributed by atoms with van der Waals surface area (Å²) in [7, 11) is 0. The SMILES string of the molecule is O=C(NCc1ccc2c(c1)CCCN2C(=O)OCc1ccccc1)c1ccc(Cl)cc1. The zero-order valence-electron chi connectivity index (χ0n) is 17.0. The smallest absolute Gasteiger partial charge is 0.414 e. The Morgan fingerprint density at radius 3 is 2.52 bits per heavy atom. The molecule has 0 aliphatic carbocycles. The molecule has 4 rings (SSSR count). The Hall–Kier alpha value is -3.31. The van der Waals surface area contributed by atoms with Crippen LogP contribution in [0.1, 0.15) is 33.5 Å². The van der Waals surface area contributed by atoms with Gasteiger partial charge in [-0.2, -0.15) is 0 Å². The molecule has 31 heavy (non-hydrogen) atoms.